The van der Waals surface area contributed by atoms with E-state index in [1.807, 2.05) is 0 Å². The Morgan fingerprint density at radius 1 is 1.00 bits per heavy atom. The summed E-state index contributed by atoms with van der Waals surface area (Å²) < 4.78 is 87.9. The average molecular weight is 374 g/mol. The van der Waals surface area contributed by atoms with Crippen LogP contribution in [0.25, 0.3) is 0 Å². The molecule has 23 heavy (non-hydrogen) atoms. The number of rotatable bonds is 8. The molecular weight excluding hydrogens is 357 g/mol. The molecule has 11 heteroatoms. The summed E-state index contributed by atoms with van der Waals surface area (Å²) in [7, 11) is -7.30. The molecule has 0 fully saturated rings. The third kappa shape index (κ3) is 7.29. The van der Waals surface area contributed by atoms with Gasteiger partial charge in [0.15, 0.2) is 0 Å². The van der Waals surface area contributed by atoms with Crippen molar-refractivity contribution in [1.29, 1.82) is 0 Å². The van der Waals surface area contributed by atoms with Gasteiger partial charge in [-0.2, -0.15) is 13.2 Å². The van der Waals surface area contributed by atoms with Crippen molar-refractivity contribution < 1.29 is 30.0 Å². The summed E-state index contributed by atoms with van der Waals surface area (Å²) >= 11 is 0. The second-order valence-electron chi connectivity index (χ2n) is 4.65. The molecule has 0 unspecified atom stereocenters. The van der Waals surface area contributed by atoms with Crippen LogP contribution in [0.15, 0.2) is 24.3 Å². The van der Waals surface area contributed by atoms with E-state index in [0.29, 0.717) is 0 Å². The first-order chi connectivity index (χ1) is 10.5. The fourth-order valence-corrected chi connectivity index (χ4v) is 3.37. The van der Waals surface area contributed by atoms with E-state index in [9.17, 15) is 30.0 Å². The van der Waals surface area contributed by atoms with Gasteiger partial charge in [0, 0.05) is 13.1 Å². The number of halogens is 3. The van der Waals surface area contributed by atoms with E-state index in [-0.39, 0.29) is 24.4 Å². The molecule has 0 heterocycles. The standard InChI is InChI=1S/C12H17F3N2O4S2/c1-2-22(18,19)16-6-7-17-23(20,21)9-10-4-3-5-11(8-10)12(13,14)15/h3-5,8,16-17H,2,6-7,9H2,1H3. The van der Waals surface area contributed by atoms with Crippen molar-refractivity contribution in [2.75, 3.05) is 18.8 Å². The van der Waals surface area contributed by atoms with Crippen molar-refractivity contribution in [3.8, 4) is 0 Å². The molecule has 1 aromatic carbocycles. The largest absolute Gasteiger partial charge is 0.416 e. The Morgan fingerprint density at radius 2 is 1.57 bits per heavy atom. The molecule has 0 radical (unpaired) electrons. The third-order valence-electron chi connectivity index (χ3n) is 2.76. The van der Waals surface area contributed by atoms with Gasteiger partial charge in [-0.1, -0.05) is 18.2 Å². The molecule has 0 bridgehead atoms. The molecule has 0 spiro atoms. The van der Waals surface area contributed by atoms with Gasteiger partial charge in [-0.25, -0.2) is 26.3 Å². The SMILES string of the molecule is CCS(=O)(=O)NCCNS(=O)(=O)Cc1cccc(C(F)(F)F)c1. The zero-order valence-corrected chi connectivity index (χ0v) is 13.9. The van der Waals surface area contributed by atoms with Crippen LogP contribution in [-0.2, 0) is 32.0 Å². The molecule has 132 valence electrons. The second kappa shape index (κ2) is 7.60. The van der Waals surface area contributed by atoms with E-state index in [2.05, 4.69) is 9.44 Å². The zero-order chi connectivity index (χ0) is 17.7. The molecule has 0 saturated carbocycles. The topological polar surface area (TPSA) is 92.3 Å². The van der Waals surface area contributed by atoms with Crippen LogP contribution in [-0.4, -0.2) is 35.7 Å². The molecule has 0 amide bonds. The van der Waals surface area contributed by atoms with Crippen LogP contribution in [0.2, 0.25) is 0 Å². The second-order valence-corrected chi connectivity index (χ2v) is 8.55. The van der Waals surface area contributed by atoms with Gasteiger partial charge in [0.2, 0.25) is 20.0 Å². The van der Waals surface area contributed by atoms with Crippen molar-refractivity contribution in [1.82, 2.24) is 9.44 Å². The van der Waals surface area contributed by atoms with Crippen molar-refractivity contribution in [3.05, 3.63) is 35.4 Å². The molecule has 0 aliphatic heterocycles. The molecule has 2 N–H and O–H groups in total. The predicted octanol–water partition coefficient (Wildman–Crippen LogP) is 1.06. The van der Waals surface area contributed by atoms with Gasteiger partial charge < -0.3 is 0 Å². The van der Waals surface area contributed by atoms with Crippen LogP contribution in [0.3, 0.4) is 0 Å². The molecule has 0 saturated heterocycles. The Hall–Kier alpha value is -1.17. The van der Waals surface area contributed by atoms with Gasteiger partial charge in [-0.3, -0.25) is 0 Å². The van der Waals surface area contributed by atoms with Gasteiger partial charge in [-0.15, -0.1) is 0 Å². The van der Waals surface area contributed by atoms with Gasteiger partial charge in [0.05, 0.1) is 17.1 Å². The first-order valence-corrected chi connectivity index (χ1v) is 9.86. The van der Waals surface area contributed by atoms with E-state index >= 15 is 0 Å². The normalized spacial score (nSPS) is 13.2. The Balaban J connectivity index is 2.62. The highest BCUT2D eigenvalue weighted by Crippen LogP contribution is 2.29. The van der Waals surface area contributed by atoms with E-state index in [1.54, 1.807) is 0 Å². The summed E-state index contributed by atoms with van der Waals surface area (Å²) in [5.41, 5.74) is -0.942. The van der Waals surface area contributed by atoms with Crippen LogP contribution < -0.4 is 9.44 Å². The molecular formula is C12H17F3N2O4S2. The van der Waals surface area contributed by atoms with E-state index < -0.39 is 37.5 Å². The van der Waals surface area contributed by atoms with E-state index in [0.717, 1.165) is 18.2 Å². The van der Waals surface area contributed by atoms with Gasteiger partial charge >= 0.3 is 6.18 Å². The van der Waals surface area contributed by atoms with E-state index in [4.69, 9.17) is 0 Å². The lowest BCUT2D eigenvalue weighted by Crippen LogP contribution is -2.35. The number of benzene rings is 1. The maximum atomic E-state index is 12.6. The Morgan fingerprint density at radius 3 is 2.09 bits per heavy atom. The molecule has 0 aliphatic carbocycles. The minimum atomic E-state index is -4.55. The van der Waals surface area contributed by atoms with Crippen LogP contribution in [0.4, 0.5) is 13.2 Å². The Kier molecular flexibility index (Phi) is 6.57. The molecule has 0 aromatic heterocycles. The zero-order valence-electron chi connectivity index (χ0n) is 12.2. The average Bonchev–Trinajstić information content (AvgIpc) is 2.43. The van der Waals surface area contributed by atoms with Crippen LogP contribution in [0.1, 0.15) is 18.1 Å². The Labute approximate surface area is 133 Å². The molecule has 1 aromatic rings. The van der Waals surface area contributed by atoms with Crippen molar-refractivity contribution in [2.24, 2.45) is 0 Å². The summed E-state index contributed by atoms with van der Waals surface area (Å²) in [4.78, 5) is 0. The predicted molar refractivity (Wildman–Crippen MR) is 79.5 cm³/mol. The fraction of sp³-hybridized carbons (Fsp3) is 0.500. The maximum absolute atomic E-state index is 12.6. The lowest BCUT2D eigenvalue weighted by Gasteiger charge is -2.10. The van der Waals surface area contributed by atoms with Crippen molar-refractivity contribution in [2.45, 2.75) is 18.9 Å². The highest BCUT2D eigenvalue weighted by molar-refractivity contribution is 7.89. The van der Waals surface area contributed by atoms with Crippen molar-refractivity contribution >= 4 is 20.0 Å². The maximum Gasteiger partial charge on any atom is 0.416 e. The number of hydrogen-bond donors (Lipinski definition) is 2. The number of nitrogens with one attached hydrogen (secondary N) is 2. The summed E-state index contributed by atoms with van der Waals surface area (Å²) in [6.45, 7) is 1.10. The molecule has 1 rings (SSSR count). The number of sulfonamides is 2. The minimum Gasteiger partial charge on any atom is -0.214 e. The molecule has 6 nitrogen and oxygen atoms in total. The first-order valence-electron chi connectivity index (χ1n) is 6.56. The van der Waals surface area contributed by atoms with Gasteiger partial charge in [0.1, 0.15) is 0 Å². The smallest absolute Gasteiger partial charge is 0.214 e. The summed E-state index contributed by atoms with van der Waals surface area (Å²) in [6.07, 6.45) is -4.55. The van der Waals surface area contributed by atoms with Gasteiger partial charge in [-0.05, 0) is 18.6 Å². The highest BCUT2D eigenvalue weighted by Gasteiger charge is 2.30. The highest BCUT2D eigenvalue weighted by atomic mass is 32.2. The van der Waals surface area contributed by atoms with Crippen LogP contribution >= 0.6 is 0 Å². The lowest BCUT2D eigenvalue weighted by atomic mass is 10.1. The fourth-order valence-electron chi connectivity index (χ4n) is 1.62. The van der Waals surface area contributed by atoms with Crippen LogP contribution in [0.5, 0.6) is 0 Å². The summed E-state index contributed by atoms with van der Waals surface area (Å²) in [6, 6.07) is 4.01. The van der Waals surface area contributed by atoms with E-state index in [1.165, 1.54) is 13.0 Å². The Bertz CT molecular complexity index is 731. The third-order valence-corrected chi connectivity index (χ3v) is 5.52. The number of hydrogen-bond acceptors (Lipinski definition) is 4. The monoisotopic (exact) mass is 374 g/mol. The van der Waals surface area contributed by atoms with Gasteiger partial charge in [0.25, 0.3) is 0 Å². The first kappa shape index (κ1) is 19.9. The minimum absolute atomic E-state index is 0.0125. The summed E-state index contributed by atoms with van der Waals surface area (Å²) in [5, 5.41) is 0. The lowest BCUT2D eigenvalue weighted by molar-refractivity contribution is -0.137. The summed E-state index contributed by atoms with van der Waals surface area (Å²) in [5.74, 6) is -0.762. The van der Waals surface area contributed by atoms with Crippen LogP contribution in [0, 0.1) is 0 Å². The molecule has 0 atom stereocenters. The van der Waals surface area contributed by atoms with Crippen molar-refractivity contribution in [3.63, 3.8) is 0 Å². The molecule has 0 aliphatic rings. The quantitative estimate of drug-likeness (QED) is 0.666. The number of alkyl halides is 3.